The van der Waals surface area contributed by atoms with Gasteiger partial charge in [-0.3, -0.25) is 9.63 Å². The van der Waals surface area contributed by atoms with Gasteiger partial charge in [0.05, 0.1) is 19.6 Å². The molecule has 1 aromatic rings. The summed E-state index contributed by atoms with van der Waals surface area (Å²) in [5.41, 5.74) is 3.99. The summed E-state index contributed by atoms with van der Waals surface area (Å²) in [7, 11) is 0. The van der Waals surface area contributed by atoms with Gasteiger partial charge in [-0.1, -0.05) is 51.1 Å². The normalized spacial score (nSPS) is 13.0. The van der Waals surface area contributed by atoms with Gasteiger partial charge in [-0.15, -0.1) is 0 Å². The lowest BCUT2D eigenvalue weighted by Crippen LogP contribution is -2.42. The number of nitrogens with one attached hydrogen (secondary N) is 1. The van der Waals surface area contributed by atoms with Gasteiger partial charge in [-0.25, -0.2) is 0 Å². The van der Waals surface area contributed by atoms with Gasteiger partial charge < -0.3 is 4.74 Å². The molecule has 0 fully saturated rings. The zero-order chi connectivity index (χ0) is 15.0. The van der Waals surface area contributed by atoms with E-state index in [1.165, 1.54) is 0 Å². The van der Waals surface area contributed by atoms with Gasteiger partial charge in [0.15, 0.2) is 0 Å². The first-order valence-corrected chi connectivity index (χ1v) is 7.00. The number of hydroxylamine groups is 1. The summed E-state index contributed by atoms with van der Waals surface area (Å²) < 4.78 is 5.00. The van der Waals surface area contributed by atoms with E-state index in [4.69, 9.17) is 9.57 Å². The Morgan fingerprint density at radius 2 is 1.90 bits per heavy atom. The van der Waals surface area contributed by atoms with E-state index in [1.54, 1.807) is 0 Å². The van der Waals surface area contributed by atoms with Gasteiger partial charge in [0.2, 0.25) is 0 Å². The van der Waals surface area contributed by atoms with E-state index >= 15 is 0 Å². The van der Waals surface area contributed by atoms with Crippen LogP contribution in [0.1, 0.15) is 39.7 Å². The molecule has 0 heterocycles. The third-order valence-corrected chi connectivity index (χ3v) is 3.03. The van der Waals surface area contributed by atoms with Crippen LogP contribution in [0.5, 0.6) is 0 Å². The maximum atomic E-state index is 11.6. The van der Waals surface area contributed by atoms with E-state index in [2.05, 4.69) is 26.3 Å². The summed E-state index contributed by atoms with van der Waals surface area (Å²) in [4.78, 5) is 17.1. The van der Waals surface area contributed by atoms with E-state index in [0.29, 0.717) is 19.6 Å². The lowest BCUT2D eigenvalue weighted by molar-refractivity contribution is -0.146. The molecule has 1 rings (SSSR count). The van der Waals surface area contributed by atoms with Gasteiger partial charge in [0.1, 0.15) is 0 Å². The number of rotatable bonds is 7. The third kappa shape index (κ3) is 6.17. The molecule has 0 saturated heterocycles. The van der Waals surface area contributed by atoms with Crippen molar-refractivity contribution in [1.29, 1.82) is 0 Å². The molecule has 1 aromatic carbocycles. The predicted octanol–water partition coefficient (Wildman–Crippen LogP) is 3.08. The van der Waals surface area contributed by atoms with Gasteiger partial charge in [0.25, 0.3) is 0 Å². The molecule has 0 aliphatic heterocycles. The molecule has 1 atom stereocenters. The number of carbonyl (C=O) groups is 1. The topological polar surface area (TPSA) is 47.6 Å². The summed E-state index contributed by atoms with van der Waals surface area (Å²) in [5.74, 6) is -0.205. The number of hydrogen-bond donors (Lipinski definition) is 1. The number of hydrogen-bond acceptors (Lipinski definition) is 4. The molecule has 4 nitrogen and oxygen atoms in total. The van der Waals surface area contributed by atoms with Gasteiger partial charge >= 0.3 is 5.97 Å². The molecule has 0 aliphatic rings. The van der Waals surface area contributed by atoms with Crippen LogP contribution in [0.2, 0.25) is 0 Å². The lowest BCUT2D eigenvalue weighted by Gasteiger charge is -2.30. The minimum atomic E-state index is -0.205. The van der Waals surface area contributed by atoms with Crippen molar-refractivity contribution < 1.29 is 14.4 Å². The van der Waals surface area contributed by atoms with Crippen LogP contribution in [0.15, 0.2) is 30.3 Å². The third-order valence-electron chi connectivity index (χ3n) is 3.03. The smallest absolute Gasteiger partial charge is 0.307 e. The summed E-state index contributed by atoms with van der Waals surface area (Å²) >= 11 is 0. The van der Waals surface area contributed by atoms with Gasteiger partial charge in [-0.05, 0) is 17.9 Å². The quantitative estimate of drug-likeness (QED) is 0.615. The fourth-order valence-corrected chi connectivity index (χ4v) is 1.71. The first-order chi connectivity index (χ1) is 9.43. The maximum Gasteiger partial charge on any atom is 0.307 e. The number of ether oxygens (including phenoxy) is 1. The minimum absolute atomic E-state index is 0.0923. The fourth-order valence-electron chi connectivity index (χ4n) is 1.71. The second-order valence-electron chi connectivity index (χ2n) is 5.82. The van der Waals surface area contributed by atoms with E-state index < -0.39 is 0 Å². The number of carbonyl (C=O) groups excluding carboxylic acids is 1. The van der Waals surface area contributed by atoms with Crippen LogP contribution in [-0.2, 0) is 21.0 Å². The Balaban J connectivity index is 2.47. The molecule has 20 heavy (non-hydrogen) atoms. The summed E-state index contributed by atoms with van der Waals surface area (Å²) in [6.45, 7) is 8.88. The van der Waals surface area contributed by atoms with E-state index in [0.717, 1.165) is 5.56 Å². The van der Waals surface area contributed by atoms with Crippen LogP contribution in [0.4, 0.5) is 0 Å². The molecule has 0 amide bonds. The molecule has 0 spiro atoms. The van der Waals surface area contributed by atoms with Crippen LogP contribution in [0, 0.1) is 5.41 Å². The van der Waals surface area contributed by atoms with Gasteiger partial charge in [0, 0.05) is 6.04 Å². The molecule has 1 N–H and O–H groups in total. The average molecular weight is 279 g/mol. The second-order valence-corrected chi connectivity index (χ2v) is 5.82. The highest BCUT2D eigenvalue weighted by molar-refractivity contribution is 5.70. The monoisotopic (exact) mass is 279 g/mol. The van der Waals surface area contributed by atoms with Crippen molar-refractivity contribution in [2.45, 2.75) is 46.8 Å². The highest BCUT2D eigenvalue weighted by atomic mass is 16.6. The Kier molecular flexibility index (Phi) is 6.68. The van der Waals surface area contributed by atoms with Crippen LogP contribution in [0.3, 0.4) is 0 Å². The summed E-state index contributed by atoms with van der Waals surface area (Å²) in [5, 5.41) is 0. The minimum Gasteiger partial charge on any atom is -0.466 e. The van der Waals surface area contributed by atoms with Crippen molar-refractivity contribution in [3.05, 3.63) is 35.9 Å². The number of esters is 1. The molecule has 1 unspecified atom stereocenters. The largest absolute Gasteiger partial charge is 0.466 e. The standard InChI is InChI=1S/C16H25NO3/c1-5-19-15(18)11-14(16(2,3)4)17-20-12-13-9-7-6-8-10-13/h6-10,14,17H,5,11-12H2,1-4H3. The fraction of sp³-hybridized carbons (Fsp3) is 0.562. The van der Waals surface area contributed by atoms with Crippen LogP contribution in [-0.4, -0.2) is 18.6 Å². The molecular weight excluding hydrogens is 254 g/mol. The van der Waals surface area contributed by atoms with E-state index in [-0.39, 0.29) is 17.4 Å². The Labute approximate surface area is 121 Å². The van der Waals surface area contributed by atoms with Crippen LogP contribution >= 0.6 is 0 Å². The van der Waals surface area contributed by atoms with Crippen LogP contribution in [0.25, 0.3) is 0 Å². The first-order valence-electron chi connectivity index (χ1n) is 7.00. The Morgan fingerprint density at radius 3 is 2.45 bits per heavy atom. The van der Waals surface area contributed by atoms with Gasteiger partial charge in [-0.2, -0.15) is 5.48 Å². The second kappa shape index (κ2) is 8.02. The Morgan fingerprint density at radius 1 is 1.25 bits per heavy atom. The molecule has 0 aromatic heterocycles. The molecule has 4 heteroatoms. The maximum absolute atomic E-state index is 11.6. The van der Waals surface area contributed by atoms with E-state index in [1.807, 2.05) is 37.3 Å². The molecule has 0 saturated carbocycles. The average Bonchev–Trinajstić information content (AvgIpc) is 2.38. The lowest BCUT2D eigenvalue weighted by atomic mass is 9.85. The first kappa shape index (κ1) is 16.7. The van der Waals surface area contributed by atoms with Crippen molar-refractivity contribution in [3.63, 3.8) is 0 Å². The molecule has 0 aliphatic carbocycles. The van der Waals surface area contributed by atoms with Crippen LogP contribution < -0.4 is 5.48 Å². The Bertz CT molecular complexity index is 398. The number of benzene rings is 1. The van der Waals surface area contributed by atoms with Crippen molar-refractivity contribution in [2.75, 3.05) is 6.61 Å². The molecule has 0 bridgehead atoms. The van der Waals surface area contributed by atoms with Crippen molar-refractivity contribution in [1.82, 2.24) is 5.48 Å². The zero-order valence-corrected chi connectivity index (χ0v) is 12.8. The predicted molar refractivity (Wildman–Crippen MR) is 78.9 cm³/mol. The van der Waals surface area contributed by atoms with Crippen molar-refractivity contribution in [2.24, 2.45) is 5.41 Å². The zero-order valence-electron chi connectivity index (χ0n) is 12.8. The molecular formula is C16H25NO3. The highest BCUT2D eigenvalue weighted by Crippen LogP contribution is 2.22. The SMILES string of the molecule is CCOC(=O)CC(NOCc1ccccc1)C(C)(C)C. The summed E-state index contributed by atoms with van der Waals surface area (Å²) in [6, 6.07) is 9.82. The molecule has 112 valence electrons. The van der Waals surface area contributed by atoms with E-state index in [9.17, 15) is 4.79 Å². The Hall–Kier alpha value is -1.39. The van der Waals surface area contributed by atoms with Crippen molar-refractivity contribution in [3.8, 4) is 0 Å². The highest BCUT2D eigenvalue weighted by Gasteiger charge is 2.27. The molecule has 0 radical (unpaired) electrons. The summed E-state index contributed by atoms with van der Waals surface area (Å²) in [6.07, 6.45) is 0.298. The van der Waals surface area contributed by atoms with Crippen molar-refractivity contribution >= 4 is 5.97 Å².